The molecule has 0 aromatic carbocycles. The van der Waals surface area contributed by atoms with Gasteiger partial charge in [0.25, 0.3) is 0 Å². The average molecular weight is 207 g/mol. The van der Waals surface area contributed by atoms with Crippen LogP contribution < -0.4 is 5.73 Å². The first-order chi connectivity index (χ1) is 7.11. The first-order valence-corrected chi connectivity index (χ1v) is 5.96. The number of hydrogen-bond donors (Lipinski definition) is 1. The van der Waals surface area contributed by atoms with Gasteiger partial charge in [0, 0.05) is 24.2 Å². The van der Waals surface area contributed by atoms with Gasteiger partial charge < -0.3 is 10.3 Å². The van der Waals surface area contributed by atoms with Crippen LogP contribution in [0.3, 0.4) is 0 Å². The molecule has 2 rings (SSSR count). The summed E-state index contributed by atoms with van der Waals surface area (Å²) in [5.74, 6) is 1.71. The SMILES string of the molecule is CC(C)c1nc(C(C)N)c2n1CCCC2. The van der Waals surface area contributed by atoms with Gasteiger partial charge in [-0.2, -0.15) is 0 Å². The highest BCUT2D eigenvalue weighted by Gasteiger charge is 2.22. The van der Waals surface area contributed by atoms with Crippen LogP contribution in [0.2, 0.25) is 0 Å². The van der Waals surface area contributed by atoms with E-state index in [4.69, 9.17) is 10.7 Å². The Bertz CT molecular complexity index is 317. The molecule has 2 N–H and O–H groups in total. The van der Waals surface area contributed by atoms with Gasteiger partial charge in [-0.05, 0) is 26.2 Å². The number of nitrogens with zero attached hydrogens (tertiary/aromatic N) is 2. The van der Waals surface area contributed by atoms with Crippen LogP contribution in [0.15, 0.2) is 0 Å². The van der Waals surface area contributed by atoms with Crippen molar-refractivity contribution in [2.75, 3.05) is 0 Å². The second-order valence-corrected chi connectivity index (χ2v) is 4.85. The molecular weight excluding hydrogens is 186 g/mol. The standard InChI is InChI=1S/C12H21N3/c1-8(2)12-14-11(9(3)13)10-6-4-5-7-15(10)12/h8-9H,4-7,13H2,1-3H3. The molecule has 1 aliphatic rings. The first kappa shape index (κ1) is 10.7. The Morgan fingerprint density at radius 3 is 2.60 bits per heavy atom. The minimum atomic E-state index is 0.0665. The van der Waals surface area contributed by atoms with Crippen molar-refractivity contribution in [3.05, 3.63) is 17.2 Å². The fourth-order valence-electron chi connectivity index (χ4n) is 2.41. The predicted octanol–water partition coefficient (Wildman–Crippen LogP) is 2.36. The molecule has 3 heteroatoms. The molecule has 1 aromatic rings. The Kier molecular flexibility index (Phi) is 2.83. The van der Waals surface area contributed by atoms with Crippen LogP contribution >= 0.6 is 0 Å². The van der Waals surface area contributed by atoms with Crippen molar-refractivity contribution in [1.82, 2.24) is 9.55 Å². The third-order valence-corrected chi connectivity index (χ3v) is 3.13. The van der Waals surface area contributed by atoms with Crippen LogP contribution in [0, 0.1) is 0 Å². The molecule has 15 heavy (non-hydrogen) atoms. The van der Waals surface area contributed by atoms with E-state index in [1.165, 1.54) is 24.4 Å². The molecule has 1 aliphatic heterocycles. The van der Waals surface area contributed by atoms with E-state index in [1.807, 2.05) is 6.92 Å². The molecule has 0 saturated carbocycles. The van der Waals surface area contributed by atoms with E-state index in [2.05, 4.69) is 18.4 Å². The summed E-state index contributed by atoms with van der Waals surface area (Å²) in [6.07, 6.45) is 3.71. The van der Waals surface area contributed by atoms with Gasteiger partial charge >= 0.3 is 0 Å². The van der Waals surface area contributed by atoms with Gasteiger partial charge in [-0.15, -0.1) is 0 Å². The summed E-state index contributed by atoms with van der Waals surface area (Å²) in [5, 5.41) is 0. The smallest absolute Gasteiger partial charge is 0.111 e. The molecule has 0 spiro atoms. The van der Waals surface area contributed by atoms with Gasteiger partial charge in [-0.1, -0.05) is 13.8 Å². The Morgan fingerprint density at radius 1 is 1.27 bits per heavy atom. The minimum Gasteiger partial charge on any atom is -0.331 e. The molecule has 0 amide bonds. The quantitative estimate of drug-likeness (QED) is 0.809. The van der Waals surface area contributed by atoms with Gasteiger partial charge in [-0.25, -0.2) is 4.98 Å². The highest BCUT2D eigenvalue weighted by atomic mass is 15.1. The van der Waals surface area contributed by atoms with Gasteiger partial charge in [-0.3, -0.25) is 0 Å². The van der Waals surface area contributed by atoms with Gasteiger partial charge in [0.1, 0.15) is 5.82 Å². The van der Waals surface area contributed by atoms with E-state index in [0.29, 0.717) is 5.92 Å². The van der Waals surface area contributed by atoms with Gasteiger partial charge in [0.2, 0.25) is 0 Å². The highest BCUT2D eigenvalue weighted by Crippen LogP contribution is 2.27. The van der Waals surface area contributed by atoms with Crippen LogP contribution in [0.1, 0.15) is 62.8 Å². The molecule has 1 atom stereocenters. The molecule has 0 saturated heterocycles. The maximum absolute atomic E-state index is 5.98. The van der Waals surface area contributed by atoms with Crippen molar-refractivity contribution < 1.29 is 0 Å². The van der Waals surface area contributed by atoms with Crippen molar-refractivity contribution in [2.45, 2.75) is 58.5 Å². The number of nitrogens with two attached hydrogens (primary N) is 1. The Balaban J connectivity index is 2.49. The zero-order valence-electron chi connectivity index (χ0n) is 9.95. The van der Waals surface area contributed by atoms with Crippen LogP contribution in [0.25, 0.3) is 0 Å². The maximum Gasteiger partial charge on any atom is 0.111 e. The Morgan fingerprint density at radius 2 is 2.00 bits per heavy atom. The molecule has 0 fully saturated rings. The van der Waals surface area contributed by atoms with Crippen LogP contribution in [-0.2, 0) is 13.0 Å². The molecule has 0 radical (unpaired) electrons. The third kappa shape index (κ3) is 1.81. The van der Waals surface area contributed by atoms with E-state index in [9.17, 15) is 0 Å². The number of aromatic nitrogens is 2. The lowest BCUT2D eigenvalue weighted by atomic mass is 10.1. The van der Waals surface area contributed by atoms with E-state index in [-0.39, 0.29) is 6.04 Å². The van der Waals surface area contributed by atoms with E-state index >= 15 is 0 Å². The molecular formula is C12H21N3. The molecule has 2 heterocycles. The largest absolute Gasteiger partial charge is 0.331 e. The van der Waals surface area contributed by atoms with Crippen molar-refractivity contribution in [1.29, 1.82) is 0 Å². The molecule has 0 aliphatic carbocycles. The van der Waals surface area contributed by atoms with Crippen LogP contribution in [0.5, 0.6) is 0 Å². The monoisotopic (exact) mass is 207 g/mol. The van der Waals surface area contributed by atoms with Crippen LogP contribution in [-0.4, -0.2) is 9.55 Å². The highest BCUT2D eigenvalue weighted by molar-refractivity contribution is 5.23. The van der Waals surface area contributed by atoms with E-state index in [1.54, 1.807) is 0 Å². The van der Waals surface area contributed by atoms with Crippen LogP contribution in [0.4, 0.5) is 0 Å². The summed E-state index contributed by atoms with van der Waals surface area (Å²) < 4.78 is 2.40. The number of imidazole rings is 1. The molecule has 0 bridgehead atoms. The third-order valence-electron chi connectivity index (χ3n) is 3.13. The lowest BCUT2D eigenvalue weighted by Gasteiger charge is -2.19. The van der Waals surface area contributed by atoms with Crippen molar-refractivity contribution in [3.8, 4) is 0 Å². The number of rotatable bonds is 2. The van der Waals surface area contributed by atoms with E-state index in [0.717, 1.165) is 18.7 Å². The zero-order valence-corrected chi connectivity index (χ0v) is 9.95. The maximum atomic E-state index is 5.98. The van der Waals surface area contributed by atoms with Gasteiger partial charge in [0.05, 0.1) is 5.69 Å². The summed E-state index contributed by atoms with van der Waals surface area (Å²) in [6.45, 7) is 7.56. The molecule has 1 unspecified atom stereocenters. The first-order valence-electron chi connectivity index (χ1n) is 5.96. The van der Waals surface area contributed by atoms with E-state index < -0.39 is 0 Å². The molecule has 1 aromatic heterocycles. The summed E-state index contributed by atoms with van der Waals surface area (Å²) in [5.41, 5.74) is 8.49. The lowest BCUT2D eigenvalue weighted by molar-refractivity contribution is 0.502. The second kappa shape index (κ2) is 3.97. The topological polar surface area (TPSA) is 43.8 Å². The van der Waals surface area contributed by atoms with Crippen molar-refractivity contribution in [2.24, 2.45) is 5.73 Å². The fraction of sp³-hybridized carbons (Fsp3) is 0.750. The normalized spacial score (nSPS) is 17.9. The lowest BCUT2D eigenvalue weighted by Crippen LogP contribution is -2.15. The molecule has 3 nitrogen and oxygen atoms in total. The van der Waals surface area contributed by atoms with Crippen molar-refractivity contribution in [3.63, 3.8) is 0 Å². The predicted molar refractivity (Wildman–Crippen MR) is 61.9 cm³/mol. The minimum absolute atomic E-state index is 0.0665. The summed E-state index contributed by atoms with van der Waals surface area (Å²) in [7, 11) is 0. The summed E-state index contributed by atoms with van der Waals surface area (Å²) >= 11 is 0. The summed E-state index contributed by atoms with van der Waals surface area (Å²) in [6, 6.07) is 0.0665. The number of hydrogen-bond acceptors (Lipinski definition) is 2. The average Bonchev–Trinajstić information content (AvgIpc) is 2.56. The second-order valence-electron chi connectivity index (χ2n) is 4.85. The molecule has 84 valence electrons. The fourth-order valence-corrected chi connectivity index (χ4v) is 2.41. The zero-order chi connectivity index (χ0) is 11.0. The van der Waals surface area contributed by atoms with Crippen molar-refractivity contribution >= 4 is 0 Å². The Labute approximate surface area is 91.7 Å². The van der Waals surface area contributed by atoms with Gasteiger partial charge in [0.15, 0.2) is 0 Å². The Hall–Kier alpha value is -0.830. The summed E-state index contributed by atoms with van der Waals surface area (Å²) in [4.78, 5) is 4.73. The number of fused-ring (bicyclic) bond motifs is 1.